The molecule has 8 aromatic rings. The van der Waals surface area contributed by atoms with E-state index < -0.39 is 0 Å². The molecule has 0 aliphatic heterocycles. The average molecular weight is 661 g/mol. The highest BCUT2D eigenvalue weighted by atomic mass is 32.1. The second-order valence-corrected chi connectivity index (χ2v) is 13.2. The molecule has 8 rings (SSSR count). The van der Waals surface area contributed by atoms with Crippen molar-refractivity contribution in [3.05, 3.63) is 170 Å². The summed E-state index contributed by atoms with van der Waals surface area (Å²) in [5.41, 5.74) is 12.9. The maximum absolute atomic E-state index is 5.36. The minimum Gasteiger partial charge on any atom is -0.273 e. The Bertz CT molecular complexity index is 2550. The Kier molecular flexibility index (Phi) is 8.47. The molecule has 0 N–H and O–H groups in total. The standard InChI is InChI=1S/C45H32N4S/c1-30(11-9-22-46-2)34-25-35(33-16-10-23-47-29-33)27-36(26-34)42-19-20-43(50-42)41-28-40(32-14-7-4-8-15-32)39-18-17-38-37(31-12-5-3-6-13-31)21-24-48-44(38)45(39)49-41/h3-29H,2H2,1H3/b22-9-,30-11+. The molecule has 0 saturated carbocycles. The molecule has 0 saturated heterocycles. The number of nitrogens with zero attached hydrogens (tertiary/aromatic N) is 4. The monoisotopic (exact) mass is 660 g/mol. The Balaban J connectivity index is 1.30. The highest BCUT2D eigenvalue weighted by Gasteiger charge is 2.17. The minimum absolute atomic E-state index is 0.898. The number of allylic oxidation sites excluding steroid dienone is 3. The van der Waals surface area contributed by atoms with E-state index in [4.69, 9.17) is 9.97 Å². The van der Waals surface area contributed by atoms with Gasteiger partial charge in [-0.1, -0.05) is 84.9 Å². The zero-order valence-electron chi connectivity index (χ0n) is 27.5. The highest BCUT2D eigenvalue weighted by molar-refractivity contribution is 7.18. The van der Waals surface area contributed by atoms with E-state index in [0.29, 0.717) is 0 Å². The Labute approximate surface area is 295 Å². The minimum atomic E-state index is 0.898. The van der Waals surface area contributed by atoms with Gasteiger partial charge in [0.1, 0.15) is 0 Å². The van der Waals surface area contributed by atoms with Gasteiger partial charge in [0.15, 0.2) is 0 Å². The number of thiophene rings is 1. The van der Waals surface area contributed by atoms with Crippen LogP contribution in [0.25, 0.3) is 81.8 Å². The van der Waals surface area contributed by atoms with Crippen LogP contribution >= 0.6 is 11.3 Å². The molecule has 0 bridgehead atoms. The Hall–Kier alpha value is -6.30. The summed E-state index contributed by atoms with van der Waals surface area (Å²) in [6.45, 7) is 5.67. The molecule has 0 unspecified atom stereocenters. The van der Waals surface area contributed by atoms with Crippen LogP contribution in [-0.4, -0.2) is 21.7 Å². The molecule has 0 atom stereocenters. The van der Waals surface area contributed by atoms with Crippen LogP contribution in [-0.2, 0) is 0 Å². The predicted molar refractivity (Wildman–Crippen MR) is 212 cm³/mol. The predicted octanol–water partition coefficient (Wildman–Crippen LogP) is 12.2. The molecule has 4 heterocycles. The molecular formula is C45H32N4S. The lowest BCUT2D eigenvalue weighted by Crippen LogP contribution is -1.93. The highest BCUT2D eigenvalue weighted by Crippen LogP contribution is 2.41. The SMILES string of the molecule is C=N/C=C\C=C(/C)c1cc(-c2cccnc2)cc(-c2ccc(-c3cc(-c4ccccc4)c4ccc5c(-c6ccccc6)ccnc5c4n3)s2)c1. The van der Waals surface area contributed by atoms with E-state index in [1.54, 1.807) is 23.7 Å². The fourth-order valence-electron chi connectivity index (χ4n) is 6.43. The van der Waals surface area contributed by atoms with Crippen molar-refractivity contribution in [2.24, 2.45) is 4.99 Å². The van der Waals surface area contributed by atoms with Crippen molar-refractivity contribution in [1.82, 2.24) is 15.0 Å². The second-order valence-electron chi connectivity index (χ2n) is 12.1. The summed E-state index contributed by atoms with van der Waals surface area (Å²) >= 11 is 1.75. The van der Waals surface area contributed by atoms with Crippen molar-refractivity contribution >= 4 is 45.4 Å². The fraction of sp³-hybridized carbons (Fsp3) is 0.0222. The van der Waals surface area contributed by atoms with Gasteiger partial charge in [-0.05, 0) is 113 Å². The van der Waals surface area contributed by atoms with Crippen LogP contribution in [0.4, 0.5) is 0 Å². The van der Waals surface area contributed by atoms with E-state index in [-0.39, 0.29) is 0 Å². The topological polar surface area (TPSA) is 51.0 Å². The smallest absolute Gasteiger partial charge is 0.0978 e. The number of hydrogen-bond acceptors (Lipinski definition) is 5. The molecule has 5 heteroatoms. The molecule has 4 aromatic carbocycles. The number of fused-ring (bicyclic) bond motifs is 3. The lowest BCUT2D eigenvalue weighted by Gasteiger charge is -2.13. The summed E-state index contributed by atoms with van der Waals surface area (Å²) < 4.78 is 0. The van der Waals surface area contributed by atoms with E-state index >= 15 is 0 Å². The van der Waals surface area contributed by atoms with E-state index in [1.165, 1.54) is 0 Å². The number of rotatable bonds is 8. The van der Waals surface area contributed by atoms with Crippen molar-refractivity contribution in [3.8, 4) is 54.4 Å². The van der Waals surface area contributed by atoms with Gasteiger partial charge in [-0.25, -0.2) is 4.98 Å². The van der Waals surface area contributed by atoms with E-state index in [2.05, 4.69) is 145 Å². The largest absolute Gasteiger partial charge is 0.273 e. The molecule has 4 aromatic heterocycles. The summed E-state index contributed by atoms with van der Waals surface area (Å²) in [6.07, 6.45) is 11.3. The first-order valence-corrected chi connectivity index (χ1v) is 17.3. The van der Waals surface area contributed by atoms with Crippen molar-refractivity contribution < 1.29 is 0 Å². The third kappa shape index (κ3) is 6.07. The zero-order valence-corrected chi connectivity index (χ0v) is 28.3. The molecule has 0 fully saturated rings. The number of benzene rings is 4. The van der Waals surface area contributed by atoms with Crippen LogP contribution in [0.3, 0.4) is 0 Å². The summed E-state index contributed by atoms with van der Waals surface area (Å²) in [6, 6.07) is 44.9. The van der Waals surface area contributed by atoms with Gasteiger partial charge in [0.25, 0.3) is 0 Å². The third-order valence-electron chi connectivity index (χ3n) is 8.92. The lowest BCUT2D eigenvalue weighted by atomic mass is 9.95. The summed E-state index contributed by atoms with van der Waals surface area (Å²) in [5, 5.41) is 2.17. The van der Waals surface area contributed by atoms with E-state index in [0.717, 1.165) is 87.3 Å². The van der Waals surface area contributed by atoms with Gasteiger partial charge in [-0.15, -0.1) is 11.3 Å². The average Bonchev–Trinajstić information content (AvgIpc) is 3.69. The molecule has 0 amide bonds. The molecule has 50 heavy (non-hydrogen) atoms. The van der Waals surface area contributed by atoms with Gasteiger partial charge in [0.05, 0.1) is 21.6 Å². The molecule has 0 aliphatic carbocycles. The molecular weight excluding hydrogens is 629 g/mol. The number of hydrogen-bond donors (Lipinski definition) is 0. The Morgan fingerprint density at radius 1 is 0.640 bits per heavy atom. The second kappa shape index (κ2) is 13.7. The van der Waals surface area contributed by atoms with Crippen LogP contribution in [0.2, 0.25) is 0 Å². The van der Waals surface area contributed by atoms with Crippen LogP contribution in [0.15, 0.2) is 169 Å². The van der Waals surface area contributed by atoms with Crippen LogP contribution in [0.1, 0.15) is 12.5 Å². The number of aliphatic imine (C=N–C) groups is 1. The Morgan fingerprint density at radius 3 is 2.08 bits per heavy atom. The van der Waals surface area contributed by atoms with Crippen LogP contribution in [0, 0.1) is 0 Å². The van der Waals surface area contributed by atoms with Crippen molar-refractivity contribution in [3.63, 3.8) is 0 Å². The zero-order chi connectivity index (χ0) is 33.9. The number of aromatic nitrogens is 3. The van der Waals surface area contributed by atoms with Gasteiger partial charge in [-0.3, -0.25) is 15.0 Å². The van der Waals surface area contributed by atoms with Gasteiger partial charge in [0, 0.05) is 46.0 Å². The van der Waals surface area contributed by atoms with Gasteiger partial charge >= 0.3 is 0 Å². The first-order valence-electron chi connectivity index (χ1n) is 16.5. The van der Waals surface area contributed by atoms with Crippen molar-refractivity contribution in [1.29, 1.82) is 0 Å². The molecule has 0 spiro atoms. The number of pyridine rings is 3. The summed E-state index contributed by atoms with van der Waals surface area (Å²) in [7, 11) is 0. The Morgan fingerprint density at radius 2 is 1.34 bits per heavy atom. The van der Waals surface area contributed by atoms with Crippen LogP contribution in [0.5, 0.6) is 0 Å². The lowest BCUT2D eigenvalue weighted by molar-refractivity contribution is 1.33. The van der Waals surface area contributed by atoms with E-state index in [1.807, 2.05) is 30.6 Å². The maximum Gasteiger partial charge on any atom is 0.0978 e. The maximum atomic E-state index is 5.36. The third-order valence-corrected chi connectivity index (χ3v) is 10.1. The summed E-state index contributed by atoms with van der Waals surface area (Å²) in [5.74, 6) is 0. The normalized spacial score (nSPS) is 11.8. The molecule has 0 aliphatic rings. The van der Waals surface area contributed by atoms with Crippen molar-refractivity contribution in [2.45, 2.75) is 6.92 Å². The van der Waals surface area contributed by atoms with Crippen molar-refractivity contribution in [2.75, 3.05) is 0 Å². The van der Waals surface area contributed by atoms with Gasteiger partial charge in [-0.2, -0.15) is 0 Å². The fourth-order valence-corrected chi connectivity index (χ4v) is 7.38. The molecule has 0 radical (unpaired) electrons. The molecule has 4 nitrogen and oxygen atoms in total. The molecule has 238 valence electrons. The van der Waals surface area contributed by atoms with Crippen LogP contribution < -0.4 is 0 Å². The first-order chi connectivity index (χ1) is 24.7. The quantitative estimate of drug-likeness (QED) is 0.0926. The van der Waals surface area contributed by atoms with Gasteiger partial charge < -0.3 is 0 Å². The first kappa shape index (κ1) is 31.0. The van der Waals surface area contributed by atoms with Gasteiger partial charge in [0.2, 0.25) is 0 Å². The van der Waals surface area contributed by atoms with E-state index in [9.17, 15) is 0 Å². The summed E-state index contributed by atoms with van der Waals surface area (Å²) in [4.78, 5) is 20.8.